The van der Waals surface area contributed by atoms with Crippen LogP contribution in [0, 0.1) is 0 Å². The summed E-state index contributed by atoms with van der Waals surface area (Å²) in [6.07, 6.45) is 7.11. The molecule has 1 unspecified atom stereocenters. The normalized spacial score (nSPS) is 16.2. The second-order valence-electron chi connectivity index (χ2n) is 4.77. The summed E-state index contributed by atoms with van der Waals surface area (Å²) in [6, 6.07) is 0.417. The first-order chi connectivity index (χ1) is 9.78. The van der Waals surface area contributed by atoms with Crippen molar-refractivity contribution >= 4 is 11.3 Å². The highest BCUT2D eigenvalue weighted by Gasteiger charge is 2.21. The van der Waals surface area contributed by atoms with E-state index in [2.05, 4.69) is 30.1 Å². The maximum absolute atomic E-state index is 5.18. The van der Waals surface area contributed by atoms with Gasteiger partial charge in [-0.1, -0.05) is 27.7 Å². The molecular weight excluding hydrogens is 270 g/mol. The van der Waals surface area contributed by atoms with Crippen LogP contribution in [0.4, 0.5) is 0 Å². The Hall–Kier alpha value is -1.20. The Morgan fingerprint density at radius 1 is 1.40 bits per heavy atom. The highest BCUT2D eigenvalue weighted by atomic mass is 32.1. The van der Waals surface area contributed by atoms with E-state index in [-0.39, 0.29) is 0 Å². The molecule has 110 valence electrons. The number of thiazole rings is 1. The Bertz CT molecular complexity index is 490. The Morgan fingerprint density at radius 3 is 2.75 bits per heavy atom. The molecule has 4 nitrogen and oxygen atoms in total. The van der Waals surface area contributed by atoms with Crippen LogP contribution in [0.25, 0.3) is 10.4 Å². The molecule has 0 spiro atoms. The number of rotatable bonds is 4. The molecule has 0 saturated carbocycles. The second-order valence-corrected chi connectivity index (χ2v) is 5.83. The maximum atomic E-state index is 5.18. The predicted molar refractivity (Wildman–Crippen MR) is 83.2 cm³/mol. The SMILES string of the molecule is CC.CCC(C)c1ncc(-c2cnn(C3COC3)c2)s1. The average Bonchev–Trinajstić information content (AvgIpc) is 3.06. The van der Waals surface area contributed by atoms with Crippen LogP contribution in [0.2, 0.25) is 0 Å². The first-order valence-electron chi connectivity index (χ1n) is 7.36. The summed E-state index contributed by atoms with van der Waals surface area (Å²) >= 11 is 1.77. The lowest BCUT2D eigenvalue weighted by Gasteiger charge is -2.25. The lowest BCUT2D eigenvalue weighted by Crippen LogP contribution is -2.30. The average molecular weight is 293 g/mol. The van der Waals surface area contributed by atoms with Crippen molar-refractivity contribution in [2.45, 2.75) is 46.1 Å². The largest absolute Gasteiger partial charge is 0.377 e. The third-order valence-corrected chi connectivity index (χ3v) is 4.72. The van der Waals surface area contributed by atoms with Crippen molar-refractivity contribution in [1.29, 1.82) is 0 Å². The summed E-state index contributed by atoms with van der Waals surface area (Å²) in [7, 11) is 0. The molecule has 1 atom stereocenters. The molecule has 20 heavy (non-hydrogen) atoms. The summed E-state index contributed by atoms with van der Waals surface area (Å²) in [5, 5.41) is 5.62. The third-order valence-electron chi connectivity index (χ3n) is 3.44. The van der Waals surface area contributed by atoms with Gasteiger partial charge < -0.3 is 4.74 Å². The minimum atomic E-state index is 0.417. The molecule has 0 aliphatic carbocycles. The van der Waals surface area contributed by atoms with Crippen LogP contribution in [0.15, 0.2) is 18.6 Å². The molecule has 0 aromatic carbocycles. The van der Waals surface area contributed by atoms with Crippen molar-refractivity contribution in [2.24, 2.45) is 0 Å². The Balaban J connectivity index is 0.000000704. The molecule has 5 heteroatoms. The van der Waals surface area contributed by atoms with Crippen molar-refractivity contribution in [3.8, 4) is 10.4 Å². The summed E-state index contributed by atoms with van der Waals surface area (Å²) in [4.78, 5) is 5.71. The number of aromatic nitrogens is 3. The molecule has 1 aliphatic rings. The van der Waals surface area contributed by atoms with Gasteiger partial charge in [0, 0.05) is 23.9 Å². The summed E-state index contributed by atoms with van der Waals surface area (Å²) in [5.74, 6) is 0.541. The van der Waals surface area contributed by atoms with E-state index >= 15 is 0 Å². The molecule has 2 aromatic heterocycles. The van der Waals surface area contributed by atoms with E-state index in [4.69, 9.17) is 4.74 Å². The zero-order valence-electron chi connectivity index (χ0n) is 12.7. The fourth-order valence-electron chi connectivity index (χ4n) is 1.86. The molecule has 0 N–H and O–H groups in total. The van der Waals surface area contributed by atoms with E-state index < -0.39 is 0 Å². The lowest BCUT2D eigenvalue weighted by molar-refractivity contribution is -0.0286. The Morgan fingerprint density at radius 2 is 2.15 bits per heavy atom. The number of ether oxygens (including phenoxy) is 1. The standard InChI is InChI=1S/C13H17N3OS.C2H6/c1-3-9(2)13-14-5-12(18-13)10-4-15-16(6-10)11-7-17-8-11;1-2/h4-6,9,11H,3,7-8H2,1-2H3;1-2H3. The molecule has 3 rings (SSSR count). The fraction of sp³-hybridized carbons (Fsp3) is 0.600. The molecule has 2 aromatic rings. The van der Waals surface area contributed by atoms with Gasteiger partial charge in [-0.2, -0.15) is 5.10 Å². The number of hydrogen-bond acceptors (Lipinski definition) is 4. The van der Waals surface area contributed by atoms with Crippen LogP contribution in [0.3, 0.4) is 0 Å². The van der Waals surface area contributed by atoms with Crippen molar-refractivity contribution in [1.82, 2.24) is 14.8 Å². The van der Waals surface area contributed by atoms with E-state index in [0.717, 1.165) is 25.2 Å². The van der Waals surface area contributed by atoms with Gasteiger partial charge in [-0.3, -0.25) is 4.68 Å². The van der Waals surface area contributed by atoms with Gasteiger partial charge in [0.1, 0.15) is 0 Å². The smallest absolute Gasteiger partial charge is 0.0985 e. The molecule has 0 bridgehead atoms. The third kappa shape index (κ3) is 3.10. The molecule has 3 heterocycles. The van der Waals surface area contributed by atoms with Crippen molar-refractivity contribution in [2.75, 3.05) is 13.2 Å². The Labute approximate surface area is 124 Å². The summed E-state index contributed by atoms with van der Waals surface area (Å²) in [6.45, 7) is 9.97. The molecule has 1 fully saturated rings. The fourth-order valence-corrected chi connectivity index (χ4v) is 2.89. The zero-order chi connectivity index (χ0) is 14.5. The van der Waals surface area contributed by atoms with Crippen LogP contribution in [-0.4, -0.2) is 28.0 Å². The van der Waals surface area contributed by atoms with Crippen molar-refractivity contribution < 1.29 is 4.74 Å². The van der Waals surface area contributed by atoms with E-state index in [0.29, 0.717) is 12.0 Å². The van der Waals surface area contributed by atoms with Crippen LogP contribution in [0.1, 0.15) is 51.1 Å². The summed E-state index contributed by atoms with van der Waals surface area (Å²) < 4.78 is 7.19. The molecular formula is C15H23N3OS. The van der Waals surface area contributed by atoms with Crippen LogP contribution < -0.4 is 0 Å². The van der Waals surface area contributed by atoms with Crippen LogP contribution >= 0.6 is 11.3 Å². The Kier molecular flexibility index (Phi) is 5.31. The van der Waals surface area contributed by atoms with E-state index in [1.54, 1.807) is 11.3 Å². The van der Waals surface area contributed by atoms with E-state index in [9.17, 15) is 0 Å². The minimum absolute atomic E-state index is 0.417. The van der Waals surface area contributed by atoms with Gasteiger partial charge >= 0.3 is 0 Å². The highest BCUT2D eigenvalue weighted by molar-refractivity contribution is 7.15. The van der Waals surface area contributed by atoms with E-state index in [1.165, 1.54) is 9.88 Å². The minimum Gasteiger partial charge on any atom is -0.377 e. The first kappa shape index (κ1) is 15.2. The van der Waals surface area contributed by atoms with Gasteiger partial charge in [0.05, 0.1) is 35.3 Å². The molecule has 1 aliphatic heterocycles. The second kappa shape index (κ2) is 6.99. The molecule has 1 saturated heterocycles. The van der Waals surface area contributed by atoms with E-state index in [1.807, 2.05) is 30.9 Å². The van der Waals surface area contributed by atoms with Gasteiger partial charge in [0.2, 0.25) is 0 Å². The first-order valence-corrected chi connectivity index (χ1v) is 8.17. The summed E-state index contributed by atoms with van der Waals surface area (Å²) in [5.41, 5.74) is 1.16. The van der Waals surface area contributed by atoms with Gasteiger partial charge in [-0.25, -0.2) is 4.98 Å². The van der Waals surface area contributed by atoms with Gasteiger partial charge in [0.25, 0.3) is 0 Å². The molecule has 0 amide bonds. The monoisotopic (exact) mass is 293 g/mol. The molecule has 0 radical (unpaired) electrons. The van der Waals surface area contributed by atoms with Crippen molar-refractivity contribution in [3.63, 3.8) is 0 Å². The van der Waals surface area contributed by atoms with Gasteiger partial charge in [-0.15, -0.1) is 11.3 Å². The predicted octanol–water partition coefficient (Wildman–Crippen LogP) is 4.12. The zero-order valence-corrected chi connectivity index (χ0v) is 13.5. The maximum Gasteiger partial charge on any atom is 0.0985 e. The quantitative estimate of drug-likeness (QED) is 0.851. The number of nitrogens with zero attached hydrogens (tertiary/aromatic N) is 3. The van der Waals surface area contributed by atoms with Gasteiger partial charge in [-0.05, 0) is 6.42 Å². The van der Waals surface area contributed by atoms with Crippen LogP contribution in [-0.2, 0) is 4.74 Å². The lowest BCUT2D eigenvalue weighted by atomic mass is 10.1. The topological polar surface area (TPSA) is 39.9 Å². The highest BCUT2D eigenvalue weighted by Crippen LogP contribution is 2.31. The van der Waals surface area contributed by atoms with Gasteiger partial charge in [0.15, 0.2) is 0 Å². The van der Waals surface area contributed by atoms with Crippen molar-refractivity contribution in [3.05, 3.63) is 23.6 Å². The van der Waals surface area contributed by atoms with Crippen LogP contribution in [0.5, 0.6) is 0 Å². The number of hydrogen-bond donors (Lipinski definition) is 0.